The number of nitrogens with zero attached hydrogens (tertiary/aromatic N) is 3. The Morgan fingerprint density at radius 3 is 2.62 bits per heavy atom. The Kier molecular flexibility index (Phi) is 6.57. The summed E-state index contributed by atoms with van der Waals surface area (Å²) >= 11 is 0. The lowest BCUT2D eigenvalue weighted by Crippen LogP contribution is -2.26. The highest BCUT2D eigenvalue weighted by Gasteiger charge is 2.31. The van der Waals surface area contributed by atoms with E-state index in [-0.39, 0.29) is 29.6 Å². The second-order valence-electron chi connectivity index (χ2n) is 8.78. The van der Waals surface area contributed by atoms with Crippen molar-refractivity contribution in [2.45, 2.75) is 51.8 Å². The lowest BCUT2D eigenvalue weighted by Gasteiger charge is -2.18. The number of sulfone groups is 1. The van der Waals surface area contributed by atoms with Gasteiger partial charge in [0, 0.05) is 37.0 Å². The summed E-state index contributed by atoms with van der Waals surface area (Å²) in [6.07, 6.45) is 2.83. The molecule has 9 heteroatoms. The van der Waals surface area contributed by atoms with Crippen LogP contribution in [-0.2, 0) is 21.1 Å². The van der Waals surface area contributed by atoms with E-state index in [4.69, 9.17) is 9.47 Å². The molecule has 174 valence electrons. The third-order valence-electron chi connectivity index (χ3n) is 6.33. The summed E-state index contributed by atoms with van der Waals surface area (Å²) in [7, 11) is -1.23. The maximum absolute atomic E-state index is 13.0. The number of aryl methyl sites for hydroxylation is 1. The molecule has 2 aliphatic heterocycles. The van der Waals surface area contributed by atoms with Crippen LogP contribution in [0, 0.1) is 13.8 Å². The molecule has 2 atom stereocenters. The molecule has 3 heterocycles. The molecule has 32 heavy (non-hydrogen) atoms. The second kappa shape index (κ2) is 9.23. The number of hydrogen-bond acceptors (Lipinski definition) is 6. The van der Waals surface area contributed by atoms with Crippen LogP contribution in [0.2, 0.25) is 0 Å². The molecule has 2 aliphatic rings. The fourth-order valence-electron chi connectivity index (χ4n) is 4.44. The Morgan fingerprint density at radius 1 is 1.25 bits per heavy atom. The topological polar surface area (TPSA) is 90.7 Å². The molecule has 0 radical (unpaired) electrons. The van der Waals surface area contributed by atoms with Crippen molar-refractivity contribution in [3.05, 3.63) is 46.8 Å². The average molecular weight is 462 g/mol. The van der Waals surface area contributed by atoms with E-state index in [0.717, 1.165) is 42.1 Å². The second-order valence-corrected chi connectivity index (χ2v) is 11.0. The number of hydrogen-bond donors (Lipinski definition) is 0. The fraction of sp³-hybridized carbons (Fsp3) is 0.565. The Balaban J connectivity index is 1.39. The van der Waals surface area contributed by atoms with Gasteiger partial charge in [0.1, 0.15) is 12.4 Å². The van der Waals surface area contributed by atoms with E-state index in [2.05, 4.69) is 5.10 Å². The van der Waals surface area contributed by atoms with E-state index in [0.29, 0.717) is 25.1 Å². The molecule has 0 bridgehead atoms. The van der Waals surface area contributed by atoms with Crippen LogP contribution in [-0.4, -0.2) is 66.9 Å². The van der Waals surface area contributed by atoms with Gasteiger partial charge in [-0.2, -0.15) is 5.10 Å². The summed E-state index contributed by atoms with van der Waals surface area (Å²) < 4.78 is 36.9. The normalized spacial score (nSPS) is 22.2. The van der Waals surface area contributed by atoms with Crippen LogP contribution >= 0.6 is 0 Å². The smallest absolute Gasteiger partial charge is 0.253 e. The number of carbonyl (C=O) groups is 1. The van der Waals surface area contributed by atoms with Crippen molar-refractivity contribution in [3.63, 3.8) is 0 Å². The van der Waals surface area contributed by atoms with E-state index in [9.17, 15) is 13.2 Å². The first-order valence-electron chi connectivity index (χ1n) is 11.1. The van der Waals surface area contributed by atoms with Crippen LogP contribution in [0.3, 0.4) is 0 Å². The Morgan fingerprint density at radius 2 is 2.00 bits per heavy atom. The van der Waals surface area contributed by atoms with Gasteiger partial charge < -0.3 is 14.4 Å². The minimum Gasteiger partial charge on any atom is -0.491 e. The van der Waals surface area contributed by atoms with Crippen molar-refractivity contribution >= 4 is 15.7 Å². The van der Waals surface area contributed by atoms with Gasteiger partial charge >= 0.3 is 0 Å². The van der Waals surface area contributed by atoms with Crippen molar-refractivity contribution in [1.29, 1.82) is 0 Å². The van der Waals surface area contributed by atoms with Crippen LogP contribution in [0.4, 0.5) is 0 Å². The Labute approximate surface area is 189 Å². The first kappa shape index (κ1) is 22.8. The summed E-state index contributed by atoms with van der Waals surface area (Å²) in [4.78, 5) is 14.6. The number of rotatable bonds is 7. The van der Waals surface area contributed by atoms with E-state index < -0.39 is 9.84 Å². The van der Waals surface area contributed by atoms with Crippen molar-refractivity contribution in [3.8, 4) is 5.75 Å². The first-order chi connectivity index (χ1) is 15.2. The Bertz CT molecular complexity index is 1070. The zero-order chi connectivity index (χ0) is 22.9. The first-order valence-corrected chi connectivity index (χ1v) is 12.9. The van der Waals surface area contributed by atoms with Gasteiger partial charge in [0.25, 0.3) is 5.91 Å². The molecule has 0 N–H and O–H groups in total. The van der Waals surface area contributed by atoms with Crippen LogP contribution in [0.15, 0.2) is 24.3 Å². The highest BCUT2D eigenvalue weighted by Crippen LogP contribution is 2.27. The molecule has 1 aromatic carbocycles. The summed E-state index contributed by atoms with van der Waals surface area (Å²) in [6, 6.07) is 7.04. The van der Waals surface area contributed by atoms with E-state index >= 15 is 0 Å². The van der Waals surface area contributed by atoms with Crippen LogP contribution in [0.1, 0.15) is 52.6 Å². The third kappa shape index (κ3) is 4.99. The van der Waals surface area contributed by atoms with Crippen LogP contribution in [0.5, 0.6) is 5.75 Å². The summed E-state index contributed by atoms with van der Waals surface area (Å²) in [5.41, 5.74) is 3.29. The zero-order valence-corrected chi connectivity index (χ0v) is 19.7. The lowest BCUT2D eigenvalue weighted by molar-refractivity contribution is 0.0679. The molecule has 2 fully saturated rings. The quantitative estimate of drug-likeness (QED) is 0.630. The molecule has 0 saturated carbocycles. The van der Waals surface area contributed by atoms with E-state index in [1.807, 2.05) is 30.7 Å². The van der Waals surface area contributed by atoms with Gasteiger partial charge in [0.2, 0.25) is 0 Å². The predicted molar refractivity (Wildman–Crippen MR) is 121 cm³/mol. The zero-order valence-electron chi connectivity index (χ0n) is 18.9. The molecule has 1 amide bonds. The summed E-state index contributed by atoms with van der Waals surface area (Å²) in [5.74, 6) is 0.964. The fourth-order valence-corrected chi connectivity index (χ4v) is 6.13. The molecule has 2 aromatic rings. The van der Waals surface area contributed by atoms with Crippen LogP contribution in [0.25, 0.3) is 0 Å². The number of benzene rings is 1. The minimum atomic E-state index is -2.99. The van der Waals surface area contributed by atoms with Gasteiger partial charge in [-0.25, -0.2) is 8.42 Å². The standard InChI is InChI=1S/C23H31N3O5S/c1-16-22(17(2)26(24-16)19-10-12-32(28,29)15-19)13-25(3)23(27)18-6-8-20(9-7-18)31-14-21-5-4-11-30-21/h6-9,19,21H,4-5,10-15H2,1-3H3/t19-,21-/m0/s1. The molecule has 4 rings (SSSR count). The maximum atomic E-state index is 13.0. The highest BCUT2D eigenvalue weighted by atomic mass is 32.2. The third-order valence-corrected chi connectivity index (χ3v) is 8.08. The monoisotopic (exact) mass is 461 g/mol. The molecule has 0 aliphatic carbocycles. The SMILES string of the molecule is Cc1nn([C@H]2CCS(=O)(=O)C2)c(C)c1CN(C)C(=O)c1ccc(OC[C@@H]2CCCO2)cc1. The number of amides is 1. The molecule has 2 saturated heterocycles. The number of ether oxygens (including phenoxy) is 2. The molecule has 1 aromatic heterocycles. The molecular weight excluding hydrogens is 430 g/mol. The predicted octanol–water partition coefficient (Wildman–Crippen LogP) is 2.69. The van der Waals surface area contributed by atoms with Crippen molar-refractivity contribution in [2.75, 3.05) is 31.8 Å². The molecular formula is C23H31N3O5S. The lowest BCUT2D eigenvalue weighted by atomic mass is 10.1. The van der Waals surface area contributed by atoms with Crippen molar-refractivity contribution in [1.82, 2.24) is 14.7 Å². The Hall–Kier alpha value is -2.39. The van der Waals surface area contributed by atoms with Gasteiger partial charge in [-0.3, -0.25) is 9.48 Å². The van der Waals surface area contributed by atoms with Gasteiger partial charge in [-0.15, -0.1) is 0 Å². The summed E-state index contributed by atoms with van der Waals surface area (Å²) in [6.45, 7) is 5.58. The van der Waals surface area contributed by atoms with Gasteiger partial charge in [0.15, 0.2) is 9.84 Å². The minimum absolute atomic E-state index is 0.0920. The summed E-state index contributed by atoms with van der Waals surface area (Å²) in [5, 5.41) is 4.60. The van der Waals surface area contributed by atoms with Crippen LogP contribution < -0.4 is 4.74 Å². The molecule has 0 spiro atoms. The molecule has 8 nitrogen and oxygen atoms in total. The highest BCUT2D eigenvalue weighted by molar-refractivity contribution is 7.91. The van der Waals surface area contributed by atoms with Gasteiger partial charge in [-0.1, -0.05) is 0 Å². The van der Waals surface area contributed by atoms with Gasteiger partial charge in [-0.05, 0) is 57.4 Å². The number of carbonyl (C=O) groups excluding carboxylic acids is 1. The largest absolute Gasteiger partial charge is 0.491 e. The van der Waals surface area contributed by atoms with Gasteiger partial charge in [0.05, 0.1) is 29.3 Å². The van der Waals surface area contributed by atoms with Crippen molar-refractivity contribution in [2.24, 2.45) is 0 Å². The number of aromatic nitrogens is 2. The molecule has 0 unspecified atom stereocenters. The van der Waals surface area contributed by atoms with E-state index in [1.54, 1.807) is 24.1 Å². The van der Waals surface area contributed by atoms with E-state index in [1.165, 1.54) is 0 Å². The maximum Gasteiger partial charge on any atom is 0.253 e. The average Bonchev–Trinajstić information content (AvgIpc) is 3.48. The van der Waals surface area contributed by atoms with Crippen molar-refractivity contribution < 1.29 is 22.7 Å².